The third kappa shape index (κ3) is 2.85. The van der Waals surface area contributed by atoms with Gasteiger partial charge in [-0.1, -0.05) is 0 Å². The van der Waals surface area contributed by atoms with E-state index in [-0.39, 0.29) is 11.9 Å². The summed E-state index contributed by atoms with van der Waals surface area (Å²) in [5.74, 6) is 0.218. The van der Waals surface area contributed by atoms with Crippen molar-refractivity contribution in [2.45, 2.75) is 38.9 Å². The molecule has 0 fully saturated rings. The van der Waals surface area contributed by atoms with E-state index in [1.54, 1.807) is 24.5 Å². The molecule has 0 spiro atoms. The van der Waals surface area contributed by atoms with E-state index in [4.69, 9.17) is 9.47 Å². The summed E-state index contributed by atoms with van der Waals surface area (Å²) in [6, 6.07) is 3.60. The maximum absolute atomic E-state index is 12.2. The predicted molar refractivity (Wildman–Crippen MR) is 102 cm³/mol. The molecule has 0 amide bonds. The van der Waals surface area contributed by atoms with Crippen LogP contribution in [0.25, 0.3) is 0 Å². The van der Waals surface area contributed by atoms with Gasteiger partial charge in [0.25, 0.3) is 0 Å². The monoisotopic (exact) mass is 382 g/mol. The third-order valence-corrected chi connectivity index (χ3v) is 5.01. The van der Waals surface area contributed by atoms with Crippen molar-refractivity contribution >= 4 is 23.6 Å². The van der Waals surface area contributed by atoms with Crippen molar-refractivity contribution in [2.75, 3.05) is 23.7 Å². The van der Waals surface area contributed by atoms with Gasteiger partial charge < -0.3 is 20.1 Å². The number of esters is 2. The van der Waals surface area contributed by atoms with Crippen LogP contribution in [0.2, 0.25) is 0 Å². The van der Waals surface area contributed by atoms with Crippen LogP contribution in [0.3, 0.4) is 0 Å². The van der Waals surface area contributed by atoms with Crippen LogP contribution in [0.1, 0.15) is 59.5 Å². The Labute approximate surface area is 162 Å². The van der Waals surface area contributed by atoms with Gasteiger partial charge in [0.1, 0.15) is 34.0 Å². The summed E-state index contributed by atoms with van der Waals surface area (Å²) in [5.41, 5.74) is 1.25. The van der Waals surface area contributed by atoms with Gasteiger partial charge in [0.2, 0.25) is 0 Å². The molecule has 2 aliphatic rings. The molecule has 0 bridgehead atoms. The Hall–Kier alpha value is -3.16. The molecule has 2 aromatic rings. The van der Waals surface area contributed by atoms with Crippen LogP contribution in [0.5, 0.6) is 0 Å². The Balaban J connectivity index is 1.46. The van der Waals surface area contributed by atoms with Gasteiger partial charge in [-0.2, -0.15) is 0 Å². The van der Waals surface area contributed by atoms with Gasteiger partial charge in [-0.15, -0.1) is 0 Å². The van der Waals surface area contributed by atoms with Crippen molar-refractivity contribution in [3.8, 4) is 0 Å². The standard InChI is InChI=1S/C20H22N4O4/c1-19(2)11-5-7-21-15(13(11)17(25)27-19)23-9-10-24-16-14-12(6-8-22-16)20(3,4)28-18(14)26/h5-8H,9-10H2,1-4H3,(H,21,23)(H,22,24). The van der Waals surface area contributed by atoms with Crippen molar-refractivity contribution in [2.24, 2.45) is 0 Å². The zero-order chi connectivity index (χ0) is 20.1. The number of carbonyl (C=O) groups excluding carboxylic acids is 2. The summed E-state index contributed by atoms with van der Waals surface area (Å²) >= 11 is 0. The Bertz CT molecular complexity index is 905. The fourth-order valence-electron chi connectivity index (χ4n) is 3.65. The summed E-state index contributed by atoms with van der Waals surface area (Å²) in [6.45, 7) is 8.35. The summed E-state index contributed by atoms with van der Waals surface area (Å²) < 4.78 is 10.8. The molecule has 4 heterocycles. The SMILES string of the molecule is CC1(C)OC(=O)c2c1ccnc2NCCNc1nccc2c1C(=O)OC2(C)C. The van der Waals surface area contributed by atoms with Gasteiger partial charge in [0.05, 0.1) is 0 Å². The zero-order valence-electron chi connectivity index (χ0n) is 16.3. The van der Waals surface area contributed by atoms with Gasteiger partial charge in [0, 0.05) is 36.6 Å². The van der Waals surface area contributed by atoms with Crippen molar-refractivity contribution < 1.29 is 19.1 Å². The molecular formula is C20H22N4O4. The quantitative estimate of drug-likeness (QED) is 0.601. The van der Waals surface area contributed by atoms with E-state index in [0.29, 0.717) is 35.9 Å². The Morgan fingerprint density at radius 3 is 1.57 bits per heavy atom. The second kappa shape index (κ2) is 6.19. The molecule has 146 valence electrons. The molecule has 0 aromatic carbocycles. The molecule has 4 rings (SSSR count). The minimum atomic E-state index is -0.661. The second-order valence-electron chi connectivity index (χ2n) is 7.82. The average molecular weight is 382 g/mol. The maximum atomic E-state index is 12.2. The van der Waals surface area contributed by atoms with E-state index < -0.39 is 11.2 Å². The van der Waals surface area contributed by atoms with Crippen molar-refractivity contribution in [1.29, 1.82) is 0 Å². The van der Waals surface area contributed by atoms with E-state index in [9.17, 15) is 9.59 Å². The number of pyridine rings is 2. The first kappa shape index (κ1) is 18.2. The van der Waals surface area contributed by atoms with E-state index in [1.165, 1.54) is 0 Å². The molecular weight excluding hydrogens is 360 g/mol. The van der Waals surface area contributed by atoms with E-state index in [2.05, 4.69) is 20.6 Å². The van der Waals surface area contributed by atoms with Crippen molar-refractivity contribution in [3.63, 3.8) is 0 Å². The van der Waals surface area contributed by atoms with Crippen LogP contribution in [-0.4, -0.2) is 35.0 Å². The molecule has 8 heteroatoms. The number of anilines is 2. The average Bonchev–Trinajstić information content (AvgIpc) is 3.01. The zero-order valence-corrected chi connectivity index (χ0v) is 16.3. The molecule has 0 unspecified atom stereocenters. The number of hydrogen-bond donors (Lipinski definition) is 2. The maximum Gasteiger partial charge on any atom is 0.343 e. The Morgan fingerprint density at radius 2 is 1.18 bits per heavy atom. The largest absolute Gasteiger partial charge is 0.451 e. The molecule has 0 saturated heterocycles. The topological polar surface area (TPSA) is 102 Å². The third-order valence-electron chi connectivity index (χ3n) is 5.01. The van der Waals surface area contributed by atoms with Gasteiger partial charge in [-0.25, -0.2) is 19.6 Å². The summed E-state index contributed by atoms with van der Waals surface area (Å²) in [5, 5.41) is 6.32. The predicted octanol–water partition coefficient (Wildman–Crippen LogP) is 2.81. The molecule has 0 aliphatic carbocycles. The van der Waals surface area contributed by atoms with E-state index in [0.717, 1.165) is 11.1 Å². The number of hydrogen-bond acceptors (Lipinski definition) is 8. The molecule has 0 atom stereocenters. The first-order valence-corrected chi connectivity index (χ1v) is 9.14. The van der Waals surface area contributed by atoms with Crippen LogP contribution in [0.4, 0.5) is 11.6 Å². The van der Waals surface area contributed by atoms with Gasteiger partial charge in [-0.3, -0.25) is 0 Å². The number of cyclic esters (lactones) is 2. The lowest BCUT2D eigenvalue weighted by Crippen LogP contribution is -2.18. The highest BCUT2D eigenvalue weighted by molar-refractivity contribution is 6.00. The molecule has 2 aliphatic heterocycles. The summed E-state index contributed by atoms with van der Waals surface area (Å²) in [6.07, 6.45) is 3.31. The molecule has 2 aromatic heterocycles. The van der Waals surface area contributed by atoms with E-state index in [1.807, 2.05) is 27.7 Å². The molecule has 2 N–H and O–H groups in total. The van der Waals surface area contributed by atoms with Crippen molar-refractivity contribution in [1.82, 2.24) is 9.97 Å². The van der Waals surface area contributed by atoms with Gasteiger partial charge in [-0.05, 0) is 39.8 Å². The van der Waals surface area contributed by atoms with Gasteiger partial charge >= 0.3 is 11.9 Å². The minimum absolute atomic E-state index is 0.379. The highest BCUT2D eigenvalue weighted by Gasteiger charge is 2.41. The number of nitrogens with one attached hydrogen (secondary N) is 2. The number of fused-ring (bicyclic) bond motifs is 2. The lowest BCUT2D eigenvalue weighted by molar-refractivity contribution is 0.00845. The first-order valence-electron chi connectivity index (χ1n) is 9.14. The molecule has 0 saturated carbocycles. The van der Waals surface area contributed by atoms with Crippen LogP contribution in [-0.2, 0) is 20.7 Å². The number of aromatic nitrogens is 2. The lowest BCUT2D eigenvalue weighted by atomic mass is 9.97. The lowest BCUT2D eigenvalue weighted by Gasteiger charge is -2.17. The number of rotatable bonds is 5. The molecule has 8 nitrogen and oxygen atoms in total. The fourth-order valence-corrected chi connectivity index (χ4v) is 3.65. The van der Waals surface area contributed by atoms with Crippen LogP contribution in [0, 0.1) is 0 Å². The summed E-state index contributed by atoms with van der Waals surface area (Å²) in [7, 11) is 0. The Morgan fingerprint density at radius 1 is 0.786 bits per heavy atom. The van der Waals surface area contributed by atoms with Crippen LogP contribution >= 0.6 is 0 Å². The van der Waals surface area contributed by atoms with E-state index >= 15 is 0 Å². The minimum Gasteiger partial charge on any atom is -0.451 e. The van der Waals surface area contributed by atoms with Crippen LogP contribution in [0.15, 0.2) is 24.5 Å². The Kier molecular flexibility index (Phi) is 4.02. The first-order chi connectivity index (χ1) is 13.2. The smallest absolute Gasteiger partial charge is 0.343 e. The highest BCUT2D eigenvalue weighted by atomic mass is 16.6. The van der Waals surface area contributed by atoms with Crippen molar-refractivity contribution in [3.05, 3.63) is 46.8 Å². The number of ether oxygens (including phenoxy) is 2. The number of nitrogens with zero attached hydrogens (tertiary/aromatic N) is 2. The second-order valence-corrected chi connectivity index (χ2v) is 7.82. The fraction of sp³-hybridized carbons (Fsp3) is 0.400. The van der Waals surface area contributed by atoms with Crippen LogP contribution < -0.4 is 10.6 Å². The summed E-state index contributed by atoms with van der Waals surface area (Å²) in [4.78, 5) is 32.9. The molecule has 28 heavy (non-hydrogen) atoms. The van der Waals surface area contributed by atoms with Gasteiger partial charge in [0.15, 0.2) is 0 Å². The molecule has 0 radical (unpaired) electrons. The normalized spacial score (nSPS) is 18.1. The number of carbonyl (C=O) groups is 2. The highest BCUT2D eigenvalue weighted by Crippen LogP contribution is 2.39.